The first-order valence-corrected chi connectivity index (χ1v) is 5.85. The molecular formula is C9H19N3OS. The standard InChI is InChI=1S/C9H19N3OS/c1-7-5-3-4-6-9(7,2)14-12-11-8(10)13/h7,12H,3-6H2,1-2H3,(H3,10,11,13). The van der Waals surface area contributed by atoms with E-state index in [1.807, 2.05) is 0 Å². The Morgan fingerprint density at radius 3 is 2.86 bits per heavy atom. The van der Waals surface area contributed by atoms with Gasteiger partial charge in [-0.25, -0.2) is 4.79 Å². The zero-order chi connectivity index (χ0) is 10.6. The van der Waals surface area contributed by atoms with Crippen molar-refractivity contribution < 1.29 is 4.79 Å². The highest BCUT2D eigenvalue weighted by Crippen LogP contribution is 2.41. The van der Waals surface area contributed by atoms with Gasteiger partial charge in [-0.05, 0) is 25.7 Å². The summed E-state index contributed by atoms with van der Waals surface area (Å²) >= 11 is 1.57. The van der Waals surface area contributed by atoms with Crippen LogP contribution in [0.4, 0.5) is 4.79 Å². The SMILES string of the molecule is CC1CCCCC1(C)SNNC(N)=O. The van der Waals surface area contributed by atoms with E-state index in [0.717, 1.165) is 0 Å². The number of amides is 2. The summed E-state index contributed by atoms with van der Waals surface area (Å²) in [4.78, 5) is 13.3. The van der Waals surface area contributed by atoms with Gasteiger partial charge in [0.2, 0.25) is 0 Å². The van der Waals surface area contributed by atoms with Crippen molar-refractivity contribution in [2.45, 2.75) is 44.3 Å². The Balaban J connectivity index is 2.35. The fourth-order valence-corrected chi connectivity index (χ4v) is 2.77. The molecule has 2 unspecified atom stereocenters. The van der Waals surface area contributed by atoms with E-state index in [-0.39, 0.29) is 4.75 Å². The van der Waals surface area contributed by atoms with Crippen molar-refractivity contribution in [1.82, 2.24) is 10.3 Å². The molecule has 0 heterocycles. The quantitative estimate of drug-likeness (QED) is 0.498. The third-order valence-electron chi connectivity index (χ3n) is 3.06. The second kappa shape index (κ2) is 4.89. The highest BCUT2D eigenvalue weighted by Gasteiger charge is 2.34. The lowest BCUT2D eigenvalue weighted by molar-refractivity contribution is 0.247. The van der Waals surface area contributed by atoms with Crippen LogP contribution in [0.15, 0.2) is 0 Å². The molecule has 0 aromatic rings. The molecule has 1 saturated carbocycles. The third-order valence-corrected chi connectivity index (χ3v) is 4.34. The molecule has 4 N–H and O–H groups in total. The molecule has 0 bridgehead atoms. The number of hydrogen-bond acceptors (Lipinski definition) is 3. The predicted molar refractivity (Wildman–Crippen MR) is 59.5 cm³/mol. The van der Waals surface area contributed by atoms with Crippen LogP contribution in [-0.2, 0) is 0 Å². The van der Waals surface area contributed by atoms with Crippen molar-refractivity contribution in [3.63, 3.8) is 0 Å². The molecule has 82 valence electrons. The monoisotopic (exact) mass is 217 g/mol. The first kappa shape index (κ1) is 11.7. The third kappa shape index (κ3) is 3.06. The fourth-order valence-electron chi connectivity index (χ4n) is 1.82. The lowest BCUT2D eigenvalue weighted by Gasteiger charge is -2.38. The lowest BCUT2D eigenvalue weighted by atomic mass is 9.81. The van der Waals surface area contributed by atoms with Crippen LogP contribution in [0.2, 0.25) is 0 Å². The molecule has 2 amide bonds. The largest absolute Gasteiger partial charge is 0.351 e. The molecule has 0 saturated heterocycles. The number of urea groups is 1. The molecule has 1 aliphatic carbocycles. The van der Waals surface area contributed by atoms with E-state index in [0.29, 0.717) is 5.92 Å². The topological polar surface area (TPSA) is 67.2 Å². The number of hydrazine groups is 1. The first-order valence-electron chi connectivity index (χ1n) is 5.03. The molecule has 0 aliphatic heterocycles. The van der Waals surface area contributed by atoms with Crippen molar-refractivity contribution in [2.24, 2.45) is 11.7 Å². The van der Waals surface area contributed by atoms with Gasteiger partial charge in [0.1, 0.15) is 0 Å². The van der Waals surface area contributed by atoms with E-state index in [1.165, 1.54) is 25.7 Å². The number of hydrogen-bond donors (Lipinski definition) is 3. The van der Waals surface area contributed by atoms with Gasteiger partial charge in [0.25, 0.3) is 0 Å². The Kier molecular flexibility index (Phi) is 4.07. The Morgan fingerprint density at radius 2 is 2.29 bits per heavy atom. The summed E-state index contributed by atoms with van der Waals surface area (Å²) in [6, 6.07) is -0.537. The van der Waals surface area contributed by atoms with E-state index in [2.05, 4.69) is 24.1 Å². The van der Waals surface area contributed by atoms with Crippen LogP contribution in [0.25, 0.3) is 0 Å². The number of carbonyl (C=O) groups excluding carboxylic acids is 1. The van der Waals surface area contributed by atoms with Crippen molar-refractivity contribution in [3.05, 3.63) is 0 Å². The van der Waals surface area contributed by atoms with Gasteiger partial charge in [-0.3, -0.25) is 5.43 Å². The number of primary amides is 1. The maximum atomic E-state index is 10.5. The predicted octanol–water partition coefficient (Wildman–Crippen LogP) is 1.78. The van der Waals surface area contributed by atoms with Gasteiger partial charge in [-0.2, -0.15) is 4.83 Å². The lowest BCUT2D eigenvalue weighted by Crippen LogP contribution is -2.43. The van der Waals surface area contributed by atoms with Crippen molar-refractivity contribution >= 4 is 18.0 Å². The number of nitrogens with one attached hydrogen (secondary N) is 2. The minimum atomic E-state index is -0.537. The molecule has 14 heavy (non-hydrogen) atoms. The Labute approximate surface area is 89.5 Å². The maximum Gasteiger partial charge on any atom is 0.327 e. The van der Waals surface area contributed by atoms with E-state index in [4.69, 9.17) is 5.73 Å². The fraction of sp³-hybridized carbons (Fsp3) is 0.889. The zero-order valence-electron chi connectivity index (χ0n) is 8.80. The minimum Gasteiger partial charge on any atom is -0.351 e. The number of carbonyl (C=O) groups is 1. The van der Waals surface area contributed by atoms with E-state index < -0.39 is 6.03 Å². The second-order valence-electron chi connectivity index (χ2n) is 4.15. The molecule has 1 fully saturated rings. The van der Waals surface area contributed by atoms with Gasteiger partial charge in [0.05, 0.1) is 0 Å². The molecule has 0 radical (unpaired) electrons. The van der Waals surface area contributed by atoms with Gasteiger partial charge < -0.3 is 5.73 Å². The van der Waals surface area contributed by atoms with Gasteiger partial charge in [-0.1, -0.05) is 31.7 Å². The summed E-state index contributed by atoms with van der Waals surface area (Å²) in [7, 11) is 0. The van der Waals surface area contributed by atoms with Crippen LogP contribution in [-0.4, -0.2) is 10.8 Å². The summed E-state index contributed by atoms with van der Waals surface area (Å²) in [6.45, 7) is 4.50. The highest BCUT2D eigenvalue weighted by molar-refractivity contribution is 7.98. The van der Waals surface area contributed by atoms with E-state index >= 15 is 0 Å². The zero-order valence-corrected chi connectivity index (χ0v) is 9.62. The van der Waals surface area contributed by atoms with E-state index in [9.17, 15) is 4.79 Å². The van der Waals surface area contributed by atoms with Gasteiger partial charge in [-0.15, -0.1) is 0 Å². The van der Waals surface area contributed by atoms with Crippen molar-refractivity contribution in [2.75, 3.05) is 0 Å². The van der Waals surface area contributed by atoms with Gasteiger partial charge in [0, 0.05) is 4.75 Å². The van der Waals surface area contributed by atoms with Crippen molar-refractivity contribution in [1.29, 1.82) is 0 Å². The molecule has 1 rings (SSSR count). The molecule has 5 heteroatoms. The molecular weight excluding hydrogens is 198 g/mol. The van der Waals surface area contributed by atoms with Crippen LogP contribution in [0.3, 0.4) is 0 Å². The van der Waals surface area contributed by atoms with Crippen LogP contribution < -0.4 is 16.0 Å². The Bertz CT molecular complexity index is 212. The van der Waals surface area contributed by atoms with Crippen LogP contribution >= 0.6 is 11.9 Å². The molecule has 1 aliphatic rings. The number of rotatable bonds is 3. The highest BCUT2D eigenvalue weighted by atomic mass is 32.2. The summed E-state index contributed by atoms with van der Waals surface area (Å²) in [6.07, 6.45) is 5.04. The average molecular weight is 217 g/mol. The molecule has 4 nitrogen and oxygen atoms in total. The average Bonchev–Trinajstić information content (AvgIpc) is 2.10. The second-order valence-corrected chi connectivity index (χ2v) is 5.49. The molecule has 0 aromatic carbocycles. The molecule has 0 aromatic heterocycles. The van der Waals surface area contributed by atoms with Gasteiger partial charge >= 0.3 is 6.03 Å². The summed E-state index contributed by atoms with van der Waals surface area (Å²) < 4.78 is 0.209. The first-order chi connectivity index (χ1) is 6.54. The molecule has 0 spiro atoms. The molecule has 2 atom stereocenters. The Hall–Kier alpha value is -0.420. The number of nitrogens with two attached hydrogens (primary N) is 1. The minimum absolute atomic E-state index is 0.209. The summed E-state index contributed by atoms with van der Waals surface area (Å²) in [5.74, 6) is 0.670. The summed E-state index contributed by atoms with van der Waals surface area (Å²) in [5.41, 5.74) is 7.35. The maximum absolute atomic E-state index is 10.5. The van der Waals surface area contributed by atoms with Crippen LogP contribution in [0.5, 0.6) is 0 Å². The van der Waals surface area contributed by atoms with Crippen LogP contribution in [0.1, 0.15) is 39.5 Å². The van der Waals surface area contributed by atoms with Gasteiger partial charge in [0.15, 0.2) is 0 Å². The normalized spacial score (nSPS) is 32.6. The Morgan fingerprint density at radius 1 is 1.57 bits per heavy atom. The smallest absolute Gasteiger partial charge is 0.327 e. The van der Waals surface area contributed by atoms with E-state index in [1.54, 1.807) is 11.9 Å². The van der Waals surface area contributed by atoms with Crippen molar-refractivity contribution in [3.8, 4) is 0 Å². The summed E-state index contributed by atoms with van der Waals surface area (Å²) in [5, 5.41) is 0. The van der Waals surface area contributed by atoms with Crippen LogP contribution in [0, 0.1) is 5.92 Å².